The Hall–Kier alpha value is -2.74. The predicted molar refractivity (Wildman–Crippen MR) is 80.8 cm³/mol. The number of phenolic OH excluding ortho intramolecular Hbond substituents is 1. The van der Waals surface area contributed by atoms with Crippen molar-refractivity contribution in [1.29, 1.82) is 0 Å². The molecule has 7 nitrogen and oxygen atoms in total. The Kier molecular flexibility index (Phi) is 3.36. The zero-order valence-corrected chi connectivity index (χ0v) is 11.9. The molecule has 2 heterocycles. The summed E-state index contributed by atoms with van der Waals surface area (Å²) in [5, 5.41) is 27.4. The largest absolute Gasteiger partial charge is 0.508 e. The molecule has 0 saturated carbocycles. The smallest absolute Gasteiger partial charge is 0.216 e. The minimum Gasteiger partial charge on any atom is -0.508 e. The second-order valence-electron chi connectivity index (χ2n) is 4.44. The molecule has 0 fully saturated rings. The van der Waals surface area contributed by atoms with E-state index in [0.717, 1.165) is 11.3 Å². The summed E-state index contributed by atoms with van der Waals surface area (Å²) in [5.41, 5.74) is 2.41. The lowest BCUT2D eigenvalue weighted by molar-refractivity contribution is 0.475. The van der Waals surface area contributed by atoms with Crippen LogP contribution in [0, 0.1) is 11.7 Å². The summed E-state index contributed by atoms with van der Waals surface area (Å²) in [5.74, 6) is 0.735. The van der Waals surface area contributed by atoms with Gasteiger partial charge in [-0.2, -0.15) is 20.0 Å². The predicted octanol–water partition coefficient (Wildman–Crippen LogP) is 2.23. The first-order chi connectivity index (χ1) is 10.1. The molecule has 0 atom stereocenters. The summed E-state index contributed by atoms with van der Waals surface area (Å²) >= 11 is 5.17. The molecule has 0 aliphatic rings. The van der Waals surface area contributed by atoms with Crippen LogP contribution in [0.5, 0.6) is 5.75 Å². The van der Waals surface area contributed by atoms with Gasteiger partial charge in [-0.25, -0.2) is 5.10 Å². The van der Waals surface area contributed by atoms with E-state index in [4.69, 9.17) is 12.2 Å². The fourth-order valence-corrected chi connectivity index (χ4v) is 1.96. The Labute approximate surface area is 125 Å². The third-order valence-corrected chi connectivity index (χ3v) is 3.07. The first-order valence-electron chi connectivity index (χ1n) is 6.16. The zero-order valence-electron chi connectivity index (χ0n) is 11.1. The van der Waals surface area contributed by atoms with Crippen LogP contribution in [0.25, 0.3) is 11.5 Å². The molecule has 0 aliphatic carbocycles. The van der Waals surface area contributed by atoms with Crippen LogP contribution in [-0.4, -0.2) is 36.4 Å². The van der Waals surface area contributed by atoms with Gasteiger partial charge in [0.2, 0.25) is 10.6 Å². The Morgan fingerprint density at radius 1 is 1.24 bits per heavy atom. The third-order valence-electron chi connectivity index (χ3n) is 2.80. The SMILES string of the molecule is Cc1cc(-c2n[nH]c(=S)n2N=Cc2ccc(O)cc2)n[nH]1. The van der Waals surface area contributed by atoms with Crippen LogP contribution in [0.1, 0.15) is 11.3 Å². The molecule has 0 amide bonds. The standard InChI is InChI=1S/C13H12N6OS/c1-8-6-11(16-15-8)12-17-18-13(21)19(12)14-7-9-2-4-10(20)5-3-9/h2-7,20H,1H3,(H,15,16)(H,18,21). The molecule has 2 aromatic heterocycles. The van der Waals surface area contributed by atoms with Gasteiger partial charge in [0.05, 0.1) is 6.21 Å². The molecule has 0 bridgehead atoms. The normalized spacial score (nSPS) is 11.3. The zero-order chi connectivity index (χ0) is 14.8. The maximum Gasteiger partial charge on any atom is 0.216 e. The number of aromatic nitrogens is 5. The molecule has 0 spiro atoms. The third kappa shape index (κ3) is 2.75. The minimum absolute atomic E-state index is 0.208. The highest BCUT2D eigenvalue weighted by atomic mass is 32.1. The summed E-state index contributed by atoms with van der Waals surface area (Å²) in [4.78, 5) is 0. The van der Waals surface area contributed by atoms with Crippen molar-refractivity contribution in [1.82, 2.24) is 25.1 Å². The van der Waals surface area contributed by atoms with Gasteiger partial charge in [-0.15, -0.1) is 0 Å². The molecule has 0 aliphatic heterocycles. The van der Waals surface area contributed by atoms with Gasteiger partial charge in [-0.1, -0.05) is 0 Å². The maximum absolute atomic E-state index is 9.25. The van der Waals surface area contributed by atoms with Crippen molar-refractivity contribution in [2.45, 2.75) is 6.92 Å². The molecule has 0 saturated heterocycles. The lowest BCUT2D eigenvalue weighted by Crippen LogP contribution is -1.95. The van der Waals surface area contributed by atoms with Crippen molar-refractivity contribution in [2.75, 3.05) is 0 Å². The van der Waals surface area contributed by atoms with Gasteiger partial charge in [-0.3, -0.25) is 5.10 Å². The molecule has 3 rings (SSSR count). The molecule has 106 valence electrons. The van der Waals surface area contributed by atoms with E-state index in [1.165, 1.54) is 4.68 Å². The summed E-state index contributed by atoms with van der Waals surface area (Å²) in [7, 11) is 0. The molecule has 1 aromatic carbocycles. The van der Waals surface area contributed by atoms with E-state index in [0.29, 0.717) is 16.3 Å². The van der Waals surface area contributed by atoms with Crippen LogP contribution < -0.4 is 0 Å². The van der Waals surface area contributed by atoms with Crippen LogP contribution in [0.15, 0.2) is 35.4 Å². The van der Waals surface area contributed by atoms with Gasteiger partial charge >= 0.3 is 0 Å². The van der Waals surface area contributed by atoms with E-state index >= 15 is 0 Å². The molecule has 3 aromatic rings. The number of hydrogen-bond donors (Lipinski definition) is 3. The fourth-order valence-electron chi connectivity index (χ4n) is 1.78. The van der Waals surface area contributed by atoms with E-state index < -0.39 is 0 Å². The monoisotopic (exact) mass is 300 g/mol. The van der Waals surface area contributed by atoms with Gasteiger partial charge in [0.1, 0.15) is 11.4 Å². The van der Waals surface area contributed by atoms with Gasteiger partial charge in [-0.05, 0) is 55.0 Å². The highest BCUT2D eigenvalue weighted by molar-refractivity contribution is 7.71. The van der Waals surface area contributed by atoms with E-state index in [9.17, 15) is 5.11 Å². The molecular formula is C13H12N6OS. The lowest BCUT2D eigenvalue weighted by Gasteiger charge is -1.97. The van der Waals surface area contributed by atoms with Crippen molar-refractivity contribution in [3.05, 3.63) is 46.4 Å². The second kappa shape index (κ2) is 5.33. The average Bonchev–Trinajstić information content (AvgIpc) is 3.05. The van der Waals surface area contributed by atoms with Crippen LogP contribution >= 0.6 is 12.2 Å². The van der Waals surface area contributed by atoms with Crippen molar-refractivity contribution in [3.63, 3.8) is 0 Å². The Balaban J connectivity index is 1.97. The Morgan fingerprint density at radius 2 is 2.00 bits per heavy atom. The number of benzene rings is 1. The Morgan fingerprint density at radius 3 is 2.67 bits per heavy atom. The van der Waals surface area contributed by atoms with Crippen molar-refractivity contribution in [3.8, 4) is 17.3 Å². The number of aromatic amines is 2. The van der Waals surface area contributed by atoms with Crippen LogP contribution in [0.2, 0.25) is 0 Å². The van der Waals surface area contributed by atoms with Crippen LogP contribution in [0.4, 0.5) is 0 Å². The quantitative estimate of drug-likeness (QED) is 0.510. The van der Waals surface area contributed by atoms with E-state index in [1.807, 2.05) is 13.0 Å². The summed E-state index contributed by atoms with van der Waals surface area (Å²) in [6.45, 7) is 1.90. The van der Waals surface area contributed by atoms with Crippen molar-refractivity contribution < 1.29 is 5.11 Å². The number of phenols is 1. The number of nitrogens with one attached hydrogen (secondary N) is 2. The number of nitrogens with zero attached hydrogens (tertiary/aromatic N) is 4. The summed E-state index contributed by atoms with van der Waals surface area (Å²) in [6.07, 6.45) is 1.63. The lowest BCUT2D eigenvalue weighted by atomic mass is 10.2. The number of aryl methyl sites for hydroxylation is 1. The number of hydrogen-bond acceptors (Lipinski definition) is 5. The molecule has 3 N–H and O–H groups in total. The molecule has 0 unspecified atom stereocenters. The first-order valence-corrected chi connectivity index (χ1v) is 6.57. The molecule has 0 radical (unpaired) electrons. The highest BCUT2D eigenvalue weighted by Crippen LogP contribution is 2.15. The number of aromatic hydroxyl groups is 1. The van der Waals surface area contributed by atoms with E-state index in [2.05, 4.69) is 25.5 Å². The van der Waals surface area contributed by atoms with Crippen LogP contribution in [0.3, 0.4) is 0 Å². The van der Waals surface area contributed by atoms with E-state index in [1.54, 1.807) is 30.5 Å². The number of rotatable bonds is 3. The summed E-state index contributed by atoms with van der Waals surface area (Å²) in [6, 6.07) is 8.54. The minimum atomic E-state index is 0.208. The van der Waals surface area contributed by atoms with Crippen LogP contribution in [-0.2, 0) is 0 Å². The second-order valence-corrected chi connectivity index (χ2v) is 4.82. The highest BCUT2D eigenvalue weighted by Gasteiger charge is 2.10. The Bertz CT molecular complexity index is 842. The summed E-state index contributed by atoms with van der Waals surface area (Å²) < 4.78 is 1.87. The topological polar surface area (TPSA) is 94.9 Å². The fraction of sp³-hybridized carbons (Fsp3) is 0.0769. The maximum atomic E-state index is 9.25. The first kappa shape index (κ1) is 13.3. The average molecular weight is 300 g/mol. The van der Waals surface area contributed by atoms with Gasteiger partial charge in [0.25, 0.3) is 0 Å². The van der Waals surface area contributed by atoms with E-state index in [-0.39, 0.29) is 5.75 Å². The van der Waals surface area contributed by atoms with Gasteiger partial charge in [0.15, 0.2) is 0 Å². The van der Waals surface area contributed by atoms with Crippen molar-refractivity contribution in [2.24, 2.45) is 5.10 Å². The molecule has 21 heavy (non-hydrogen) atoms. The number of H-pyrrole nitrogens is 2. The molecular weight excluding hydrogens is 288 g/mol. The molecule has 8 heteroatoms. The van der Waals surface area contributed by atoms with Gasteiger partial charge in [0, 0.05) is 5.69 Å². The van der Waals surface area contributed by atoms with Crippen molar-refractivity contribution >= 4 is 18.4 Å². The van der Waals surface area contributed by atoms with Gasteiger partial charge < -0.3 is 5.11 Å².